The summed E-state index contributed by atoms with van der Waals surface area (Å²) in [4.78, 5) is 24.3. The van der Waals surface area contributed by atoms with Crippen molar-refractivity contribution in [2.45, 2.75) is 49.7 Å². The molecule has 1 N–H and O–H groups in total. The number of ketones is 2. The minimum atomic E-state index is -3.33. The topological polar surface area (TPSA) is 88.5 Å². The summed E-state index contributed by atoms with van der Waals surface area (Å²) in [6.45, 7) is 3.37. The summed E-state index contributed by atoms with van der Waals surface area (Å²) in [5.74, 6) is -1.02. The molecule has 0 bridgehead atoms. The predicted octanol–water partition coefficient (Wildman–Crippen LogP) is 2.30. The molecule has 1 atom stereocenters. The molecular weight excluding hydrogens is 316 g/mol. The summed E-state index contributed by atoms with van der Waals surface area (Å²) in [5, 5.41) is 9.98. The Morgan fingerprint density at radius 3 is 2.39 bits per heavy atom. The van der Waals surface area contributed by atoms with Gasteiger partial charge in [0.1, 0.15) is 11.3 Å². The van der Waals surface area contributed by atoms with Gasteiger partial charge in [-0.05, 0) is 49.9 Å². The molecule has 3 rings (SSSR count). The fraction of sp³-hybridized carbons (Fsp3) is 0.412. The fourth-order valence-electron chi connectivity index (χ4n) is 3.34. The van der Waals surface area contributed by atoms with Crippen molar-refractivity contribution < 1.29 is 23.1 Å². The molecule has 23 heavy (non-hydrogen) atoms. The third kappa shape index (κ3) is 2.32. The molecule has 0 amide bonds. The van der Waals surface area contributed by atoms with Gasteiger partial charge < -0.3 is 5.11 Å². The van der Waals surface area contributed by atoms with E-state index >= 15 is 0 Å². The van der Waals surface area contributed by atoms with Crippen LogP contribution in [0.25, 0.3) is 5.76 Å². The van der Waals surface area contributed by atoms with Gasteiger partial charge in [0.25, 0.3) is 0 Å². The quantitative estimate of drug-likeness (QED) is 0.484. The first-order valence-corrected chi connectivity index (χ1v) is 9.16. The van der Waals surface area contributed by atoms with Gasteiger partial charge in [-0.2, -0.15) is 0 Å². The molecule has 1 heterocycles. The Kier molecular flexibility index (Phi) is 3.67. The molecule has 0 aromatic heterocycles. The standard InChI is InChI=1S/C17H18O5S/c1-9-8-12-10(2)11(6-7-15(12)23(9,21)22)17(20)16-13(18)4-3-5-14(16)19/h6-7,9,20H,3-5,8H2,1-2H3. The van der Waals surface area contributed by atoms with E-state index in [2.05, 4.69) is 0 Å². The van der Waals surface area contributed by atoms with Gasteiger partial charge in [0.15, 0.2) is 21.4 Å². The Morgan fingerprint density at radius 1 is 1.17 bits per heavy atom. The zero-order valence-corrected chi connectivity index (χ0v) is 13.9. The lowest BCUT2D eigenvalue weighted by Crippen LogP contribution is -2.20. The molecule has 0 spiro atoms. The summed E-state index contributed by atoms with van der Waals surface area (Å²) >= 11 is 0. The average Bonchev–Trinajstić information content (AvgIpc) is 2.71. The van der Waals surface area contributed by atoms with E-state index in [1.165, 1.54) is 12.1 Å². The zero-order chi connectivity index (χ0) is 16.9. The summed E-state index contributed by atoms with van der Waals surface area (Å²) < 4.78 is 24.5. The van der Waals surface area contributed by atoms with Gasteiger partial charge >= 0.3 is 0 Å². The summed E-state index contributed by atoms with van der Waals surface area (Å²) in [6, 6.07) is 2.95. The average molecular weight is 334 g/mol. The molecule has 1 aliphatic heterocycles. The minimum absolute atomic E-state index is 0.145. The number of carbonyl (C=O) groups is 2. The Balaban J connectivity index is 2.19. The number of fused-ring (bicyclic) bond motifs is 1. The Bertz CT molecular complexity index is 843. The second kappa shape index (κ2) is 5.30. The highest BCUT2D eigenvalue weighted by Gasteiger charge is 2.36. The predicted molar refractivity (Wildman–Crippen MR) is 84.9 cm³/mol. The smallest absolute Gasteiger partial charge is 0.181 e. The SMILES string of the molecule is Cc1c(C(O)=C2C(=O)CCCC2=O)ccc2c1CC(C)S2(=O)=O. The first-order valence-electron chi connectivity index (χ1n) is 7.61. The van der Waals surface area contributed by atoms with Crippen molar-refractivity contribution in [3.8, 4) is 0 Å². The van der Waals surface area contributed by atoms with Crippen molar-refractivity contribution in [3.05, 3.63) is 34.4 Å². The van der Waals surface area contributed by atoms with Crippen molar-refractivity contribution in [2.75, 3.05) is 0 Å². The minimum Gasteiger partial charge on any atom is -0.506 e. The monoisotopic (exact) mass is 334 g/mol. The maximum absolute atomic E-state index is 12.2. The number of aliphatic hydroxyl groups is 1. The molecule has 0 saturated heterocycles. The highest BCUT2D eigenvalue weighted by atomic mass is 32.2. The van der Waals surface area contributed by atoms with E-state index < -0.39 is 15.1 Å². The van der Waals surface area contributed by atoms with Crippen molar-refractivity contribution in [3.63, 3.8) is 0 Å². The van der Waals surface area contributed by atoms with Gasteiger partial charge in [0, 0.05) is 18.4 Å². The van der Waals surface area contributed by atoms with Gasteiger partial charge in [-0.1, -0.05) is 0 Å². The number of allylic oxidation sites excluding steroid dienone is 1. The fourth-order valence-corrected chi connectivity index (χ4v) is 4.99. The van der Waals surface area contributed by atoms with Gasteiger partial charge in [-0.15, -0.1) is 0 Å². The van der Waals surface area contributed by atoms with Crippen LogP contribution in [0.2, 0.25) is 0 Å². The van der Waals surface area contributed by atoms with Crippen molar-refractivity contribution >= 4 is 27.2 Å². The number of sulfone groups is 1. The zero-order valence-electron chi connectivity index (χ0n) is 13.0. The van der Waals surface area contributed by atoms with Crippen LogP contribution in [-0.4, -0.2) is 30.3 Å². The largest absolute Gasteiger partial charge is 0.506 e. The van der Waals surface area contributed by atoms with Crippen LogP contribution in [0.15, 0.2) is 22.6 Å². The molecule has 122 valence electrons. The van der Waals surface area contributed by atoms with Gasteiger partial charge in [0.05, 0.1) is 10.1 Å². The first-order chi connectivity index (χ1) is 10.7. The lowest BCUT2D eigenvalue weighted by atomic mass is 9.88. The van der Waals surface area contributed by atoms with Crippen LogP contribution in [0, 0.1) is 6.92 Å². The van der Waals surface area contributed by atoms with Gasteiger partial charge in [0.2, 0.25) is 0 Å². The second-order valence-electron chi connectivity index (χ2n) is 6.20. The number of Topliss-reactive ketones (excluding diaryl/α,β-unsaturated/α-hetero) is 2. The third-order valence-electron chi connectivity index (χ3n) is 4.74. The summed E-state index contributed by atoms with van der Waals surface area (Å²) in [7, 11) is -3.33. The molecule has 1 fully saturated rings. The van der Waals surface area contributed by atoms with E-state index in [4.69, 9.17) is 0 Å². The number of aliphatic hydroxyl groups excluding tert-OH is 1. The van der Waals surface area contributed by atoms with Crippen LogP contribution in [0.1, 0.15) is 42.9 Å². The maximum Gasteiger partial charge on any atom is 0.181 e. The molecule has 1 aromatic carbocycles. The molecular formula is C17H18O5S. The summed E-state index contributed by atoms with van der Waals surface area (Å²) in [6.07, 6.45) is 1.39. The lowest BCUT2D eigenvalue weighted by molar-refractivity contribution is -0.123. The van der Waals surface area contributed by atoms with Gasteiger partial charge in [-0.25, -0.2) is 8.42 Å². The van der Waals surface area contributed by atoms with E-state index in [1.807, 2.05) is 0 Å². The Hall–Kier alpha value is -1.95. The first kappa shape index (κ1) is 15.9. The molecule has 1 unspecified atom stereocenters. The van der Waals surface area contributed by atoms with E-state index in [-0.39, 0.29) is 40.6 Å². The number of benzene rings is 1. The number of hydrogen-bond donors (Lipinski definition) is 1. The van der Waals surface area contributed by atoms with Crippen molar-refractivity contribution in [1.82, 2.24) is 0 Å². The van der Waals surface area contributed by atoms with Crippen LogP contribution in [0.3, 0.4) is 0 Å². The molecule has 2 aliphatic rings. The Labute approximate surface area is 134 Å². The normalized spacial score (nSPS) is 23.0. The maximum atomic E-state index is 12.2. The second-order valence-corrected chi connectivity index (χ2v) is 8.53. The van der Waals surface area contributed by atoms with E-state index in [9.17, 15) is 23.1 Å². The highest BCUT2D eigenvalue weighted by Crippen LogP contribution is 2.37. The van der Waals surface area contributed by atoms with E-state index in [0.717, 1.165) is 0 Å². The molecule has 1 aromatic rings. The molecule has 1 aliphatic carbocycles. The van der Waals surface area contributed by atoms with Crippen molar-refractivity contribution in [2.24, 2.45) is 0 Å². The number of hydrogen-bond acceptors (Lipinski definition) is 5. The van der Waals surface area contributed by atoms with E-state index in [0.29, 0.717) is 29.5 Å². The van der Waals surface area contributed by atoms with Crippen molar-refractivity contribution in [1.29, 1.82) is 0 Å². The van der Waals surface area contributed by atoms with Crippen LogP contribution >= 0.6 is 0 Å². The molecule has 1 saturated carbocycles. The van der Waals surface area contributed by atoms with Gasteiger partial charge in [-0.3, -0.25) is 9.59 Å². The highest BCUT2D eigenvalue weighted by molar-refractivity contribution is 7.92. The molecule has 6 heteroatoms. The lowest BCUT2D eigenvalue weighted by Gasteiger charge is -2.16. The number of carbonyl (C=O) groups excluding carboxylic acids is 2. The Morgan fingerprint density at radius 2 is 1.78 bits per heavy atom. The van der Waals surface area contributed by atoms with Crippen LogP contribution < -0.4 is 0 Å². The summed E-state index contributed by atoms with van der Waals surface area (Å²) in [5.41, 5.74) is 1.50. The van der Waals surface area contributed by atoms with Crippen LogP contribution in [0.4, 0.5) is 0 Å². The van der Waals surface area contributed by atoms with Crippen LogP contribution in [0.5, 0.6) is 0 Å². The van der Waals surface area contributed by atoms with E-state index in [1.54, 1.807) is 13.8 Å². The third-order valence-corrected chi connectivity index (χ3v) is 6.96. The molecule has 5 nitrogen and oxygen atoms in total. The van der Waals surface area contributed by atoms with Crippen LogP contribution in [-0.2, 0) is 25.8 Å². The number of rotatable bonds is 1. The molecule has 0 radical (unpaired) electrons.